The molecular weight excluding hydrogens is 816 g/mol. The third-order valence-electron chi connectivity index (χ3n) is 17.1. The summed E-state index contributed by atoms with van der Waals surface area (Å²) in [6.45, 7) is 33.5. The van der Waals surface area contributed by atoms with Crippen molar-refractivity contribution in [1.29, 1.82) is 0 Å². The zero-order valence-corrected chi connectivity index (χ0v) is 42.4. The minimum Gasteiger partial charge on any atom is -0.456 e. The molecule has 4 nitrogen and oxygen atoms in total. The maximum Gasteiger partial charge on any atom is 0.257 e. The Morgan fingerprint density at radius 2 is 1.03 bits per heavy atom. The Labute approximate surface area is 398 Å². The minimum atomic E-state index is -0.160. The second-order valence-electron chi connectivity index (χ2n) is 25.5. The normalized spacial score (nSPS) is 18.7. The largest absolute Gasteiger partial charge is 0.456 e. The van der Waals surface area contributed by atoms with Gasteiger partial charge >= 0.3 is 0 Å². The van der Waals surface area contributed by atoms with Crippen molar-refractivity contribution in [2.24, 2.45) is 0 Å². The Bertz CT molecular complexity index is 3410. The molecule has 0 fully saturated rings. The van der Waals surface area contributed by atoms with Crippen molar-refractivity contribution in [1.82, 2.24) is 0 Å². The Balaban J connectivity index is 1.25. The number of para-hydroxylation sites is 1. The Kier molecular flexibility index (Phi) is 8.61. The summed E-state index contributed by atoms with van der Waals surface area (Å²) in [5, 5.41) is 3.49. The maximum absolute atomic E-state index is 7.60. The molecule has 0 radical (unpaired) electrons. The molecule has 4 aliphatic rings. The standard InChI is InChI=1S/C62H67BN2O2/c1-57(2,3)36-22-25-45-47(30-36)65(46-19-17-21-51-53(46)39-18-15-16-20-50(39)66-51)49-32-37(58(4,5)6)31-48-55(49)63(45)54-40-34-43-44(62(13,14)29-28-61(43,11)12)35-52(40)67-56(54)64(48)38-23-24-41-42(33-38)60(9,10)27-26-59(41,7)8/h15-25,30-35H,26-29H2,1-14H3. The summed E-state index contributed by atoms with van der Waals surface area (Å²) >= 11 is 0. The molecular formula is C62H67BN2O2. The van der Waals surface area contributed by atoms with Gasteiger partial charge in [-0.1, -0.05) is 139 Å². The Morgan fingerprint density at radius 3 is 1.70 bits per heavy atom. The summed E-state index contributed by atoms with van der Waals surface area (Å²) in [4.78, 5) is 5.14. The number of hydrogen-bond acceptors (Lipinski definition) is 4. The third kappa shape index (κ3) is 6.11. The van der Waals surface area contributed by atoms with Crippen LogP contribution in [0.15, 0.2) is 112 Å². The van der Waals surface area contributed by atoms with Gasteiger partial charge in [-0.3, -0.25) is 4.90 Å². The highest BCUT2D eigenvalue weighted by molar-refractivity contribution is 7.01. The summed E-state index contributed by atoms with van der Waals surface area (Å²) in [5.41, 5.74) is 20.9. The van der Waals surface area contributed by atoms with Crippen LogP contribution in [0, 0.1) is 0 Å². The van der Waals surface area contributed by atoms with E-state index in [1.54, 1.807) is 0 Å². The first-order valence-electron chi connectivity index (χ1n) is 25.0. The van der Waals surface area contributed by atoms with Crippen molar-refractivity contribution in [3.05, 3.63) is 137 Å². The summed E-state index contributed by atoms with van der Waals surface area (Å²) in [7, 11) is 0. The predicted octanol–water partition coefficient (Wildman–Crippen LogP) is 15.7. The first-order chi connectivity index (χ1) is 31.4. The average molecular weight is 883 g/mol. The number of anilines is 6. The van der Waals surface area contributed by atoms with Gasteiger partial charge in [-0.2, -0.15) is 0 Å². The van der Waals surface area contributed by atoms with Gasteiger partial charge in [-0.05, 0) is 163 Å². The average Bonchev–Trinajstić information content (AvgIpc) is 3.84. The summed E-state index contributed by atoms with van der Waals surface area (Å²) in [5.74, 6) is 0.942. The van der Waals surface area contributed by atoms with Gasteiger partial charge in [0.2, 0.25) is 5.88 Å². The lowest BCUT2D eigenvalue weighted by Gasteiger charge is -2.45. The molecule has 67 heavy (non-hydrogen) atoms. The van der Waals surface area contributed by atoms with E-state index in [-0.39, 0.29) is 39.2 Å². The second-order valence-corrected chi connectivity index (χ2v) is 25.5. The van der Waals surface area contributed by atoms with Crippen LogP contribution in [0.25, 0.3) is 32.9 Å². The molecule has 5 heteroatoms. The van der Waals surface area contributed by atoms with E-state index >= 15 is 0 Å². The summed E-state index contributed by atoms with van der Waals surface area (Å²) in [6.07, 6.45) is 4.63. The highest BCUT2D eigenvalue weighted by atomic mass is 16.4. The van der Waals surface area contributed by atoms with Gasteiger partial charge in [0.1, 0.15) is 16.7 Å². The lowest BCUT2D eigenvalue weighted by Crippen LogP contribution is -2.61. The molecule has 0 amide bonds. The van der Waals surface area contributed by atoms with Gasteiger partial charge in [-0.15, -0.1) is 0 Å². The highest BCUT2D eigenvalue weighted by Crippen LogP contribution is 2.54. The van der Waals surface area contributed by atoms with Crippen LogP contribution in [0.2, 0.25) is 0 Å². The van der Waals surface area contributed by atoms with Gasteiger partial charge < -0.3 is 13.7 Å². The van der Waals surface area contributed by atoms with Crippen molar-refractivity contribution in [3.63, 3.8) is 0 Å². The molecule has 0 saturated carbocycles. The molecule has 0 N–H and O–H groups in total. The van der Waals surface area contributed by atoms with E-state index in [9.17, 15) is 0 Å². The van der Waals surface area contributed by atoms with Gasteiger partial charge in [0.25, 0.3) is 6.71 Å². The van der Waals surface area contributed by atoms with Gasteiger partial charge in [0, 0.05) is 39.0 Å². The smallest absolute Gasteiger partial charge is 0.257 e. The SMILES string of the molecule is CC(C)(C)c1ccc2c(c1)N(c1cccc3oc4ccccc4c13)c1cc(C(C)(C)C)cc3c1B2c1c(oc2cc4c(cc12)C(C)(C)CCC4(C)C)N3c1ccc2c(c1)C(C)(C)CCC2(C)C. The molecule has 8 aromatic rings. The monoisotopic (exact) mass is 883 g/mol. The van der Waals surface area contributed by atoms with Gasteiger partial charge in [0.05, 0.1) is 11.1 Å². The molecule has 2 aliphatic carbocycles. The molecule has 2 aliphatic heterocycles. The predicted molar refractivity (Wildman–Crippen MR) is 285 cm³/mol. The maximum atomic E-state index is 7.60. The Morgan fingerprint density at radius 1 is 0.448 bits per heavy atom. The van der Waals surface area contributed by atoms with Crippen LogP contribution >= 0.6 is 0 Å². The summed E-state index contributed by atoms with van der Waals surface area (Å²) in [6, 6.07) is 39.9. The van der Waals surface area contributed by atoms with E-state index in [2.05, 4.69) is 210 Å². The fourth-order valence-corrected chi connectivity index (χ4v) is 12.6. The first-order valence-corrected chi connectivity index (χ1v) is 25.0. The van der Waals surface area contributed by atoms with E-state index < -0.39 is 0 Å². The zero-order chi connectivity index (χ0) is 47.1. The van der Waals surface area contributed by atoms with Crippen molar-refractivity contribution < 1.29 is 8.83 Å². The lowest BCUT2D eigenvalue weighted by molar-refractivity contribution is 0.332. The van der Waals surface area contributed by atoms with Crippen LogP contribution in [-0.4, -0.2) is 6.71 Å². The molecule has 0 spiro atoms. The van der Waals surface area contributed by atoms with Crippen LogP contribution in [0.5, 0.6) is 0 Å². The fourth-order valence-electron chi connectivity index (χ4n) is 12.6. The first kappa shape index (κ1) is 42.7. The molecule has 0 unspecified atom stereocenters. The number of benzene rings is 6. The summed E-state index contributed by atoms with van der Waals surface area (Å²) < 4.78 is 14.3. The van der Waals surface area contributed by atoms with Gasteiger partial charge in [-0.25, -0.2) is 0 Å². The molecule has 340 valence electrons. The van der Waals surface area contributed by atoms with Crippen LogP contribution < -0.4 is 26.2 Å². The topological polar surface area (TPSA) is 32.8 Å². The van der Waals surface area contributed by atoms with E-state index in [0.29, 0.717) is 0 Å². The van der Waals surface area contributed by atoms with Crippen LogP contribution in [0.3, 0.4) is 0 Å². The number of rotatable bonds is 2. The second kappa shape index (κ2) is 13.5. The van der Waals surface area contributed by atoms with Gasteiger partial charge in [0.15, 0.2) is 0 Å². The molecule has 6 aromatic carbocycles. The number of nitrogens with zero attached hydrogens (tertiary/aromatic N) is 2. The quantitative estimate of drug-likeness (QED) is 0.162. The van der Waals surface area contributed by atoms with Crippen LogP contribution in [0.4, 0.5) is 34.3 Å². The van der Waals surface area contributed by atoms with E-state index in [1.807, 2.05) is 0 Å². The van der Waals surface area contributed by atoms with E-state index in [1.165, 1.54) is 78.6 Å². The molecule has 0 saturated heterocycles. The Hall–Kier alpha value is -5.68. The molecule has 2 aromatic heterocycles. The molecule has 0 atom stereocenters. The molecule has 4 heterocycles. The molecule has 12 rings (SSSR count). The highest BCUT2D eigenvalue weighted by Gasteiger charge is 2.49. The number of furan rings is 2. The fraction of sp³-hybridized carbons (Fsp3) is 0.387. The number of fused-ring (bicyclic) bond motifs is 11. The van der Waals surface area contributed by atoms with Crippen molar-refractivity contribution >= 4 is 90.3 Å². The van der Waals surface area contributed by atoms with Crippen LogP contribution in [-0.2, 0) is 32.5 Å². The van der Waals surface area contributed by atoms with Crippen molar-refractivity contribution in [2.45, 2.75) is 155 Å². The van der Waals surface area contributed by atoms with Crippen LogP contribution in [0.1, 0.15) is 156 Å². The lowest BCUT2D eigenvalue weighted by atomic mass is 9.33. The van der Waals surface area contributed by atoms with Crippen molar-refractivity contribution in [2.75, 3.05) is 9.80 Å². The number of hydrogen-bond donors (Lipinski definition) is 0. The zero-order valence-electron chi connectivity index (χ0n) is 42.4. The van der Waals surface area contributed by atoms with Crippen molar-refractivity contribution in [3.8, 4) is 0 Å². The van der Waals surface area contributed by atoms with E-state index in [0.717, 1.165) is 64.0 Å². The third-order valence-corrected chi connectivity index (χ3v) is 17.1. The molecule has 0 bridgehead atoms. The van der Waals surface area contributed by atoms with E-state index in [4.69, 9.17) is 8.83 Å². The minimum absolute atomic E-state index is 0.0331.